The summed E-state index contributed by atoms with van der Waals surface area (Å²) in [4.78, 5) is 0. The van der Waals surface area contributed by atoms with Gasteiger partial charge in [-0.3, -0.25) is 0 Å². The zero-order chi connectivity index (χ0) is 8.29. The molecule has 2 saturated heterocycles. The summed E-state index contributed by atoms with van der Waals surface area (Å²) in [6.07, 6.45) is 0. The smallest absolute Gasteiger partial charge is 0.0201 e. The third-order valence-corrected chi connectivity index (χ3v) is 6.02. The van der Waals surface area contributed by atoms with Crippen LogP contribution in [-0.4, -0.2) is 23.6 Å². The molecule has 3 fully saturated rings. The average molecular weight is 183 g/mol. The van der Waals surface area contributed by atoms with Crippen LogP contribution in [0.5, 0.6) is 0 Å². The van der Waals surface area contributed by atoms with Crippen LogP contribution in [0.15, 0.2) is 0 Å². The summed E-state index contributed by atoms with van der Waals surface area (Å²) >= 11 is 2.24. The fourth-order valence-electron chi connectivity index (χ4n) is 3.34. The standard InChI is InChI=1S/C10H17NS/c1-5-7-3-11-4-8(7)6(2)10-9(5)12-10/h5-11H,3-4H2,1-2H3. The van der Waals surface area contributed by atoms with Crippen LogP contribution < -0.4 is 5.32 Å². The fourth-order valence-corrected chi connectivity index (χ4v) is 5.01. The topological polar surface area (TPSA) is 12.0 Å². The third kappa shape index (κ3) is 0.856. The Bertz CT molecular complexity index is 186. The van der Waals surface area contributed by atoms with E-state index in [0.717, 1.165) is 34.2 Å². The van der Waals surface area contributed by atoms with Gasteiger partial charge in [-0.2, -0.15) is 11.8 Å². The van der Waals surface area contributed by atoms with E-state index in [1.165, 1.54) is 13.1 Å². The summed E-state index contributed by atoms with van der Waals surface area (Å²) in [6.45, 7) is 7.52. The Hall–Kier alpha value is 0.310. The number of hydrogen-bond acceptors (Lipinski definition) is 2. The first kappa shape index (κ1) is 7.69. The van der Waals surface area contributed by atoms with Crippen LogP contribution in [0.25, 0.3) is 0 Å². The van der Waals surface area contributed by atoms with Crippen LogP contribution in [0.3, 0.4) is 0 Å². The molecular weight excluding hydrogens is 166 g/mol. The second kappa shape index (κ2) is 2.42. The molecule has 0 radical (unpaired) electrons. The van der Waals surface area contributed by atoms with E-state index in [1.54, 1.807) is 0 Å². The highest BCUT2D eigenvalue weighted by Crippen LogP contribution is 2.60. The Morgan fingerprint density at radius 3 is 2.00 bits per heavy atom. The molecule has 2 heterocycles. The molecule has 0 aromatic heterocycles. The molecule has 3 rings (SSSR count). The van der Waals surface area contributed by atoms with Crippen LogP contribution in [0.4, 0.5) is 0 Å². The lowest BCUT2D eigenvalue weighted by Gasteiger charge is -2.33. The van der Waals surface area contributed by atoms with Gasteiger partial charge >= 0.3 is 0 Å². The summed E-state index contributed by atoms with van der Waals surface area (Å²) in [5.41, 5.74) is 0. The molecule has 1 N–H and O–H groups in total. The van der Waals surface area contributed by atoms with Crippen molar-refractivity contribution in [3.63, 3.8) is 0 Å². The first-order chi connectivity index (χ1) is 5.79. The van der Waals surface area contributed by atoms with E-state index in [4.69, 9.17) is 0 Å². The number of thioether (sulfide) groups is 1. The van der Waals surface area contributed by atoms with E-state index < -0.39 is 0 Å². The lowest BCUT2D eigenvalue weighted by atomic mass is 9.69. The number of fused-ring (bicyclic) bond motifs is 2. The maximum absolute atomic E-state index is 3.56. The zero-order valence-corrected chi connectivity index (χ0v) is 8.60. The quantitative estimate of drug-likeness (QED) is 0.572. The van der Waals surface area contributed by atoms with Gasteiger partial charge in [-0.25, -0.2) is 0 Å². The average Bonchev–Trinajstić information content (AvgIpc) is 2.71. The molecule has 3 aliphatic rings. The first-order valence-electron chi connectivity index (χ1n) is 5.15. The SMILES string of the molecule is CC1C2CNCC2C(C)C2SC12. The molecule has 0 bridgehead atoms. The van der Waals surface area contributed by atoms with Crippen molar-refractivity contribution in [2.45, 2.75) is 24.3 Å². The molecule has 2 heteroatoms. The summed E-state index contributed by atoms with van der Waals surface area (Å²) in [5, 5.41) is 5.61. The van der Waals surface area contributed by atoms with Crippen molar-refractivity contribution in [1.29, 1.82) is 0 Å². The molecule has 6 atom stereocenters. The van der Waals surface area contributed by atoms with Crippen LogP contribution in [-0.2, 0) is 0 Å². The van der Waals surface area contributed by atoms with Gasteiger partial charge in [0.05, 0.1) is 0 Å². The predicted octanol–water partition coefficient (Wildman–Crippen LogP) is 1.59. The maximum atomic E-state index is 3.56. The van der Waals surface area contributed by atoms with Crippen LogP contribution >= 0.6 is 11.8 Å². The lowest BCUT2D eigenvalue weighted by Crippen LogP contribution is -2.36. The lowest BCUT2D eigenvalue weighted by molar-refractivity contribution is 0.188. The van der Waals surface area contributed by atoms with Gasteiger partial charge in [0.25, 0.3) is 0 Å². The highest BCUT2D eigenvalue weighted by molar-refractivity contribution is 8.07. The zero-order valence-electron chi connectivity index (χ0n) is 7.79. The number of nitrogens with one attached hydrogen (secondary N) is 1. The Kier molecular flexibility index (Phi) is 1.55. The van der Waals surface area contributed by atoms with Gasteiger partial charge in [0, 0.05) is 10.5 Å². The van der Waals surface area contributed by atoms with E-state index in [-0.39, 0.29) is 0 Å². The van der Waals surface area contributed by atoms with E-state index in [2.05, 4.69) is 30.9 Å². The molecule has 0 amide bonds. The molecule has 1 nitrogen and oxygen atoms in total. The van der Waals surface area contributed by atoms with Crippen molar-refractivity contribution in [2.75, 3.05) is 13.1 Å². The molecule has 2 aliphatic heterocycles. The van der Waals surface area contributed by atoms with Crippen LogP contribution in [0.1, 0.15) is 13.8 Å². The maximum Gasteiger partial charge on any atom is 0.0201 e. The van der Waals surface area contributed by atoms with Gasteiger partial charge in [0.15, 0.2) is 0 Å². The van der Waals surface area contributed by atoms with Crippen molar-refractivity contribution in [2.24, 2.45) is 23.7 Å². The van der Waals surface area contributed by atoms with Crippen molar-refractivity contribution in [1.82, 2.24) is 5.32 Å². The van der Waals surface area contributed by atoms with E-state index in [9.17, 15) is 0 Å². The van der Waals surface area contributed by atoms with Gasteiger partial charge in [0.1, 0.15) is 0 Å². The summed E-state index contributed by atoms with van der Waals surface area (Å²) < 4.78 is 0. The Morgan fingerprint density at radius 1 is 1.00 bits per heavy atom. The van der Waals surface area contributed by atoms with Crippen molar-refractivity contribution in [3.8, 4) is 0 Å². The van der Waals surface area contributed by atoms with Crippen molar-refractivity contribution < 1.29 is 0 Å². The molecule has 6 unspecified atom stereocenters. The second-order valence-corrected chi connectivity index (χ2v) is 6.13. The molecule has 0 spiro atoms. The summed E-state index contributed by atoms with van der Waals surface area (Å²) in [5.74, 6) is 3.96. The van der Waals surface area contributed by atoms with Crippen LogP contribution in [0.2, 0.25) is 0 Å². The molecular formula is C10H17NS. The Morgan fingerprint density at radius 2 is 1.50 bits per heavy atom. The minimum Gasteiger partial charge on any atom is -0.316 e. The van der Waals surface area contributed by atoms with E-state index in [1.807, 2.05) is 0 Å². The normalized spacial score (nSPS) is 62.5. The predicted molar refractivity (Wildman–Crippen MR) is 53.3 cm³/mol. The summed E-state index contributed by atoms with van der Waals surface area (Å²) in [7, 11) is 0. The van der Waals surface area contributed by atoms with Crippen molar-refractivity contribution in [3.05, 3.63) is 0 Å². The fraction of sp³-hybridized carbons (Fsp3) is 1.00. The number of rotatable bonds is 0. The molecule has 1 aliphatic carbocycles. The van der Waals surface area contributed by atoms with Gasteiger partial charge in [0.2, 0.25) is 0 Å². The monoisotopic (exact) mass is 183 g/mol. The van der Waals surface area contributed by atoms with Crippen LogP contribution in [0, 0.1) is 23.7 Å². The van der Waals surface area contributed by atoms with E-state index in [0.29, 0.717) is 0 Å². The molecule has 0 aromatic carbocycles. The molecule has 0 aromatic rings. The van der Waals surface area contributed by atoms with Gasteiger partial charge < -0.3 is 5.32 Å². The van der Waals surface area contributed by atoms with Crippen molar-refractivity contribution >= 4 is 11.8 Å². The molecule has 68 valence electrons. The van der Waals surface area contributed by atoms with E-state index >= 15 is 0 Å². The first-order valence-corrected chi connectivity index (χ1v) is 6.09. The summed E-state index contributed by atoms with van der Waals surface area (Å²) in [6, 6.07) is 0. The molecule has 12 heavy (non-hydrogen) atoms. The highest BCUT2D eigenvalue weighted by atomic mass is 32.2. The third-order valence-electron chi connectivity index (χ3n) is 4.26. The highest BCUT2D eigenvalue weighted by Gasteiger charge is 2.57. The van der Waals surface area contributed by atoms with Gasteiger partial charge in [-0.15, -0.1) is 0 Å². The van der Waals surface area contributed by atoms with Gasteiger partial charge in [-0.05, 0) is 36.8 Å². The Balaban J connectivity index is 1.87. The minimum atomic E-state index is 0.983. The largest absolute Gasteiger partial charge is 0.316 e. The molecule has 1 saturated carbocycles. The Labute approximate surface area is 78.7 Å². The second-order valence-electron chi connectivity index (χ2n) is 4.77. The number of hydrogen-bond donors (Lipinski definition) is 1. The minimum absolute atomic E-state index is 0.983. The van der Waals surface area contributed by atoms with Gasteiger partial charge in [-0.1, -0.05) is 13.8 Å².